The van der Waals surface area contributed by atoms with Gasteiger partial charge in [-0.15, -0.1) is 0 Å². The molecular formula is C11H12N2. The van der Waals surface area contributed by atoms with Crippen LogP contribution in [0.15, 0.2) is 41.5 Å². The molecule has 1 aromatic rings. The van der Waals surface area contributed by atoms with Crippen molar-refractivity contribution in [1.29, 1.82) is 0 Å². The zero-order chi connectivity index (χ0) is 9.10. The first-order valence-electron chi connectivity index (χ1n) is 4.50. The Balaban J connectivity index is 2.25. The molecule has 66 valence electrons. The molecule has 13 heavy (non-hydrogen) atoms. The van der Waals surface area contributed by atoms with Crippen molar-refractivity contribution in [2.75, 3.05) is 6.54 Å². The van der Waals surface area contributed by atoms with Crippen molar-refractivity contribution in [3.63, 3.8) is 0 Å². The third-order valence-corrected chi connectivity index (χ3v) is 2.06. The fourth-order valence-electron chi connectivity index (χ4n) is 1.29. The normalized spacial score (nSPS) is 21.3. The first-order valence-corrected chi connectivity index (χ1v) is 4.50. The molecule has 0 amide bonds. The Morgan fingerprint density at radius 2 is 2.31 bits per heavy atom. The minimum Gasteiger partial charge on any atom is -0.283 e. The Morgan fingerprint density at radius 3 is 2.92 bits per heavy atom. The molecule has 2 rings (SSSR count). The van der Waals surface area contributed by atoms with Gasteiger partial charge in [0, 0.05) is 12.7 Å². The van der Waals surface area contributed by atoms with Crippen molar-refractivity contribution in [1.82, 2.24) is 4.98 Å². The third-order valence-electron chi connectivity index (χ3n) is 2.06. The van der Waals surface area contributed by atoms with Crippen molar-refractivity contribution >= 4 is 5.71 Å². The van der Waals surface area contributed by atoms with Crippen molar-refractivity contribution < 1.29 is 0 Å². The van der Waals surface area contributed by atoms with Crippen LogP contribution in [-0.4, -0.2) is 17.2 Å². The molecule has 1 aliphatic rings. The van der Waals surface area contributed by atoms with Gasteiger partial charge in [-0.3, -0.25) is 9.98 Å². The monoisotopic (exact) mass is 172 g/mol. The molecular weight excluding hydrogens is 160 g/mol. The van der Waals surface area contributed by atoms with E-state index < -0.39 is 0 Å². The van der Waals surface area contributed by atoms with Crippen molar-refractivity contribution in [3.05, 3.63) is 42.2 Å². The Labute approximate surface area is 78.0 Å². The van der Waals surface area contributed by atoms with Crippen molar-refractivity contribution in [2.45, 2.75) is 6.92 Å². The van der Waals surface area contributed by atoms with Gasteiger partial charge in [0.2, 0.25) is 0 Å². The summed E-state index contributed by atoms with van der Waals surface area (Å²) in [6, 6.07) is 5.88. The van der Waals surface area contributed by atoms with E-state index in [2.05, 4.69) is 29.1 Å². The van der Waals surface area contributed by atoms with E-state index in [1.54, 1.807) is 6.20 Å². The van der Waals surface area contributed by atoms with Gasteiger partial charge in [-0.05, 0) is 24.1 Å². The van der Waals surface area contributed by atoms with Crippen molar-refractivity contribution in [3.8, 4) is 0 Å². The Bertz CT molecular complexity index is 338. The van der Waals surface area contributed by atoms with E-state index >= 15 is 0 Å². The second kappa shape index (κ2) is 3.52. The molecule has 0 fully saturated rings. The highest BCUT2D eigenvalue weighted by Crippen LogP contribution is 2.08. The van der Waals surface area contributed by atoms with E-state index in [4.69, 9.17) is 0 Å². The average molecular weight is 172 g/mol. The van der Waals surface area contributed by atoms with E-state index in [1.165, 1.54) is 0 Å². The van der Waals surface area contributed by atoms with Gasteiger partial charge < -0.3 is 0 Å². The minimum absolute atomic E-state index is 0.562. The molecule has 1 aromatic heterocycles. The van der Waals surface area contributed by atoms with E-state index in [9.17, 15) is 0 Å². The predicted octanol–water partition coefficient (Wildman–Crippen LogP) is 2.08. The fraction of sp³-hybridized carbons (Fsp3) is 0.273. The quantitative estimate of drug-likeness (QED) is 0.636. The minimum atomic E-state index is 0.562. The van der Waals surface area contributed by atoms with E-state index in [0.717, 1.165) is 18.0 Å². The summed E-state index contributed by atoms with van der Waals surface area (Å²) in [5, 5.41) is 0. The molecule has 0 saturated carbocycles. The standard InChI is InChI=1S/C11H12N2/c1-9-5-6-11(13-8-9)10-4-2-3-7-12-10/h2-7,9H,8H2,1H3. The molecule has 2 nitrogen and oxygen atoms in total. The molecule has 2 heteroatoms. The van der Waals surface area contributed by atoms with E-state index in [-0.39, 0.29) is 0 Å². The maximum atomic E-state index is 4.45. The summed E-state index contributed by atoms with van der Waals surface area (Å²) in [5.74, 6) is 0.562. The maximum Gasteiger partial charge on any atom is 0.0881 e. The van der Waals surface area contributed by atoms with Gasteiger partial charge in [0.15, 0.2) is 0 Å². The number of hydrogen-bond donors (Lipinski definition) is 0. The lowest BCUT2D eigenvalue weighted by Gasteiger charge is -2.09. The van der Waals surface area contributed by atoms with Crippen LogP contribution in [0.2, 0.25) is 0 Å². The highest BCUT2D eigenvalue weighted by atomic mass is 14.8. The van der Waals surface area contributed by atoms with E-state index in [0.29, 0.717) is 5.92 Å². The summed E-state index contributed by atoms with van der Waals surface area (Å²) < 4.78 is 0. The molecule has 0 saturated heterocycles. The zero-order valence-corrected chi connectivity index (χ0v) is 7.64. The SMILES string of the molecule is CC1C=CC(c2ccccn2)=NC1. The van der Waals surface area contributed by atoms with Gasteiger partial charge >= 0.3 is 0 Å². The lowest BCUT2D eigenvalue weighted by Crippen LogP contribution is -2.09. The molecule has 1 unspecified atom stereocenters. The molecule has 0 aliphatic carbocycles. The lowest BCUT2D eigenvalue weighted by molar-refractivity contribution is 0.734. The Morgan fingerprint density at radius 1 is 1.38 bits per heavy atom. The van der Waals surface area contributed by atoms with Crippen LogP contribution in [0, 0.1) is 5.92 Å². The molecule has 0 radical (unpaired) electrons. The predicted molar refractivity (Wildman–Crippen MR) is 53.9 cm³/mol. The van der Waals surface area contributed by atoms with Crippen LogP contribution in [-0.2, 0) is 0 Å². The summed E-state index contributed by atoms with van der Waals surface area (Å²) >= 11 is 0. The molecule has 0 bridgehead atoms. The molecule has 0 N–H and O–H groups in total. The van der Waals surface area contributed by atoms with Crippen LogP contribution in [0.25, 0.3) is 0 Å². The van der Waals surface area contributed by atoms with Crippen LogP contribution in [0.5, 0.6) is 0 Å². The number of allylic oxidation sites excluding steroid dienone is 1. The van der Waals surface area contributed by atoms with Crippen LogP contribution >= 0.6 is 0 Å². The van der Waals surface area contributed by atoms with Gasteiger partial charge in [0.25, 0.3) is 0 Å². The van der Waals surface area contributed by atoms with Gasteiger partial charge in [-0.1, -0.05) is 19.1 Å². The number of aromatic nitrogens is 1. The summed E-state index contributed by atoms with van der Waals surface area (Å²) in [7, 11) is 0. The first-order chi connectivity index (χ1) is 6.36. The molecule has 0 aromatic carbocycles. The lowest BCUT2D eigenvalue weighted by atomic mass is 10.1. The topological polar surface area (TPSA) is 25.2 Å². The highest BCUT2D eigenvalue weighted by Gasteiger charge is 2.06. The summed E-state index contributed by atoms with van der Waals surface area (Å²) in [6.07, 6.45) is 6.03. The fourth-order valence-corrected chi connectivity index (χ4v) is 1.29. The molecule has 1 aliphatic heterocycles. The molecule has 0 spiro atoms. The maximum absolute atomic E-state index is 4.45. The number of dihydropyridines is 1. The number of pyridine rings is 1. The van der Waals surface area contributed by atoms with Crippen LogP contribution in [0.3, 0.4) is 0 Å². The average Bonchev–Trinajstić information content (AvgIpc) is 2.20. The number of rotatable bonds is 1. The van der Waals surface area contributed by atoms with Gasteiger partial charge in [0.1, 0.15) is 0 Å². The van der Waals surface area contributed by atoms with Crippen LogP contribution in [0.1, 0.15) is 12.6 Å². The van der Waals surface area contributed by atoms with Gasteiger partial charge in [0.05, 0.1) is 11.4 Å². The molecule has 1 atom stereocenters. The summed E-state index contributed by atoms with van der Waals surface area (Å²) in [6.45, 7) is 3.04. The van der Waals surface area contributed by atoms with Crippen molar-refractivity contribution in [2.24, 2.45) is 10.9 Å². The van der Waals surface area contributed by atoms with Gasteiger partial charge in [-0.25, -0.2) is 0 Å². The van der Waals surface area contributed by atoms with Crippen LogP contribution < -0.4 is 0 Å². The summed E-state index contributed by atoms with van der Waals surface area (Å²) in [5.41, 5.74) is 1.96. The van der Waals surface area contributed by atoms with Gasteiger partial charge in [-0.2, -0.15) is 0 Å². The summed E-state index contributed by atoms with van der Waals surface area (Å²) in [4.78, 5) is 8.69. The first kappa shape index (κ1) is 8.17. The Kier molecular flexibility index (Phi) is 2.21. The third kappa shape index (κ3) is 1.83. The number of aliphatic imine (C=N–C) groups is 1. The largest absolute Gasteiger partial charge is 0.283 e. The second-order valence-corrected chi connectivity index (χ2v) is 3.28. The molecule has 2 heterocycles. The number of nitrogens with zero attached hydrogens (tertiary/aromatic N) is 2. The Hall–Kier alpha value is -1.44. The number of hydrogen-bond acceptors (Lipinski definition) is 2. The van der Waals surface area contributed by atoms with Crippen LogP contribution in [0.4, 0.5) is 0 Å². The second-order valence-electron chi connectivity index (χ2n) is 3.28. The van der Waals surface area contributed by atoms with E-state index in [1.807, 2.05) is 18.2 Å². The highest BCUT2D eigenvalue weighted by molar-refractivity contribution is 6.07. The zero-order valence-electron chi connectivity index (χ0n) is 7.64. The smallest absolute Gasteiger partial charge is 0.0881 e.